The molecule has 2 aromatic carbocycles. The fraction of sp³-hybridized carbons (Fsp3) is 0.353. The second-order valence-electron chi connectivity index (χ2n) is 5.42. The van der Waals surface area contributed by atoms with E-state index in [0.29, 0.717) is 17.9 Å². The van der Waals surface area contributed by atoms with Crippen molar-refractivity contribution in [1.29, 1.82) is 0 Å². The summed E-state index contributed by atoms with van der Waals surface area (Å²) in [6, 6.07) is 12.0. The molecule has 0 saturated heterocycles. The van der Waals surface area contributed by atoms with Gasteiger partial charge in [-0.25, -0.2) is 0 Å². The number of ether oxygens (including phenoxy) is 1. The van der Waals surface area contributed by atoms with E-state index in [1.165, 1.54) is 0 Å². The normalized spacial score (nSPS) is 12.4. The van der Waals surface area contributed by atoms with Crippen LogP contribution in [0.4, 0.5) is 0 Å². The van der Waals surface area contributed by atoms with E-state index in [0.717, 1.165) is 10.8 Å². The zero-order chi connectivity index (χ0) is 15.4. The lowest BCUT2D eigenvalue weighted by Crippen LogP contribution is -2.38. The summed E-state index contributed by atoms with van der Waals surface area (Å²) in [4.78, 5) is 14.5. The number of carbonyl (C=O) groups excluding carboxylic acids is 1. The van der Waals surface area contributed by atoms with Gasteiger partial charge in [0.1, 0.15) is 5.75 Å². The zero-order valence-electron chi connectivity index (χ0n) is 13.0. The number of rotatable bonds is 5. The minimum Gasteiger partial charge on any atom is -0.496 e. The first kappa shape index (κ1) is 15.3. The Labute approximate surface area is 125 Å². The fourth-order valence-electron chi connectivity index (χ4n) is 2.08. The first-order valence-electron chi connectivity index (χ1n) is 7.04. The highest BCUT2D eigenvalue weighted by Gasteiger charge is 2.14. The highest BCUT2D eigenvalue weighted by molar-refractivity contribution is 6.01. The third-order valence-corrected chi connectivity index (χ3v) is 3.75. The van der Waals surface area contributed by atoms with Crippen molar-refractivity contribution in [2.75, 3.05) is 27.7 Å². The highest BCUT2D eigenvalue weighted by Crippen LogP contribution is 2.25. The van der Waals surface area contributed by atoms with Gasteiger partial charge in [0.05, 0.1) is 12.7 Å². The largest absolute Gasteiger partial charge is 0.496 e. The van der Waals surface area contributed by atoms with Crippen LogP contribution in [0.5, 0.6) is 5.75 Å². The van der Waals surface area contributed by atoms with E-state index >= 15 is 0 Å². The van der Waals surface area contributed by atoms with Crippen LogP contribution in [-0.2, 0) is 0 Å². The van der Waals surface area contributed by atoms with Crippen LogP contribution in [0.2, 0.25) is 0 Å². The number of nitrogens with one attached hydrogen (secondary N) is 1. The third-order valence-electron chi connectivity index (χ3n) is 3.75. The monoisotopic (exact) mass is 286 g/mol. The number of hydrogen-bond acceptors (Lipinski definition) is 3. The van der Waals surface area contributed by atoms with Gasteiger partial charge in [-0.2, -0.15) is 0 Å². The molecule has 0 aliphatic rings. The van der Waals surface area contributed by atoms with E-state index in [9.17, 15) is 4.79 Å². The maximum atomic E-state index is 12.4. The number of amides is 1. The van der Waals surface area contributed by atoms with Gasteiger partial charge in [0, 0.05) is 12.6 Å². The van der Waals surface area contributed by atoms with Crippen molar-refractivity contribution < 1.29 is 9.53 Å². The summed E-state index contributed by atoms with van der Waals surface area (Å²) in [5.74, 6) is 0.495. The molecule has 0 aliphatic carbocycles. The molecule has 1 atom stereocenters. The topological polar surface area (TPSA) is 41.6 Å². The Morgan fingerprint density at radius 1 is 1.24 bits per heavy atom. The van der Waals surface area contributed by atoms with Gasteiger partial charge in [0.25, 0.3) is 5.91 Å². The summed E-state index contributed by atoms with van der Waals surface area (Å²) in [6.07, 6.45) is 0. The van der Waals surface area contributed by atoms with E-state index in [1.807, 2.05) is 50.5 Å². The second kappa shape index (κ2) is 6.59. The molecule has 1 unspecified atom stereocenters. The summed E-state index contributed by atoms with van der Waals surface area (Å²) < 4.78 is 5.36. The lowest BCUT2D eigenvalue weighted by Gasteiger charge is -2.20. The van der Waals surface area contributed by atoms with Gasteiger partial charge < -0.3 is 15.0 Å². The van der Waals surface area contributed by atoms with Gasteiger partial charge in [-0.15, -0.1) is 0 Å². The van der Waals surface area contributed by atoms with Gasteiger partial charge in [-0.05, 0) is 43.9 Å². The van der Waals surface area contributed by atoms with E-state index in [4.69, 9.17) is 4.74 Å². The number of nitrogens with zero attached hydrogens (tertiary/aromatic N) is 1. The predicted molar refractivity (Wildman–Crippen MR) is 86.0 cm³/mol. The summed E-state index contributed by atoms with van der Waals surface area (Å²) in [5.41, 5.74) is 0.571. The van der Waals surface area contributed by atoms with Crippen molar-refractivity contribution in [1.82, 2.24) is 10.2 Å². The maximum Gasteiger partial charge on any atom is 0.255 e. The molecule has 4 heteroatoms. The van der Waals surface area contributed by atoms with Crippen LogP contribution >= 0.6 is 0 Å². The van der Waals surface area contributed by atoms with Gasteiger partial charge in [-0.3, -0.25) is 4.79 Å². The molecule has 0 bridgehead atoms. The Morgan fingerprint density at radius 2 is 1.86 bits per heavy atom. The number of fused-ring (bicyclic) bond motifs is 1. The van der Waals surface area contributed by atoms with Crippen LogP contribution in [0.3, 0.4) is 0 Å². The third kappa shape index (κ3) is 3.52. The van der Waals surface area contributed by atoms with E-state index in [1.54, 1.807) is 7.11 Å². The highest BCUT2D eigenvalue weighted by atomic mass is 16.5. The quantitative estimate of drug-likeness (QED) is 0.918. The average Bonchev–Trinajstić information content (AvgIpc) is 2.50. The standard InChI is InChI=1S/C17H22N2O2/c1-12(19(2)3)11-18-17(20)15-9-13-7-5-6-8-14(13)10-16(15)21-4/h5-10,12H,11H2,1-4H3,(H,18,20). The summed E-state index contributed by atoms with van der Waals surface area (Å²) in [7, 11) is 5.57. The van der Waals surface area contributed by atoms with Crippen LogP contribution in [0.25, 0.3) is 10.8 Å². The van der Waals surface area contributed by atoms with Crippen LogP contribution in [0, 0.1) is 0 Å². The van der Waals surface area contributed by atoms with Crippen molar-refractivity contribution in [3.63, 3.8) is 0 Å². The smallest absolute Gasteiger partial charge is 0.255 e. The molecule has 0 heterocycles. The maximum absolute atomic E-state index is 12.4. The molecule has 21 heavy (non-hydrogen) atoms. The Hall–Kier alpha value is -2.07. The zero-order valence-corrected chi connectivity index (χ0v) is 13.0. The number of benzene rings is 2. The molecule has 112 valence electrons. The number of hydrogen-bond donors (Lipinski definition) is 1. The van der Waals surface area contributed by atoms with Crippen LogP contribution < -0.4 is 10.1 Å². The Kier molecular flexibility index (Phi) is 4.81. The van der Waals surface area contributed by atoms with Crippen molar-refractivity contribution in [2.24, 2.45) is 0 Å². The van der Waals surface area contributed by atoms with Gasteiger partial charge in [0.2, 0.25) is 0 Å². The van der Waals surface area contributed by atoms with Crippen molar-refractivity contribution >= 4 is 16.7 Å². The van der Waals surface area contributed by atoms with Gasteiger partial charge in [-0.1, -0.05) is 24.3 Å². The van der Waals surface area contributed by atoms with Crippen molar-refractivity contribution in [2.45, 2.75) is 13.0 Å². The molecule has 1 N–H and O–H groups in total. The average molecular weight is 286 g/mol. The number of methoxy groups -OCH3 is 1. The summed E-state index contributed by atoms with van der Waals surface area (Å²) >= 11 is 0. The fourth-order valence-corrected chi connectivity index (χ4v) is 2.08. The van der Waals surface area contributed by atoms with Gasteiger partial charge in [0.15, 0.2) is 0 Å². The van der Waals surface area contributed by atoms with Crippen LogP contribution in [0.15, 0.2) is 36.4 Å². The molecular formula is C17H22N2O2. The predicted octanol–water partition coefficient (Wildman–Crippen LogP) is 2.53. The van der Waals surface area contributed by atoms with Crippen LogP contribution in [0.1, 0.15) is 17.3 Å². The van der Waals surface area contributed by atoms with E-state index in [2.05, 4.69) is 17.1 Å². The molecule has 0 radical (unpaired) electrons. The Balaban J connectivity index is 2.25. The molecule has 1 amide bonds. The van der Waals surface area contributed by atoms with Gasteiger partial charge >= 0.3 is 0 Å². The first-order chi connectivity index (χ1) is 10.0. The molecule has 2 rings (SSSR count). The SMILES string of the molecule is COc1cc2ccccc2cc1C(=O)NCC(C)N(C)C. The molecule has 0 fully saturated rings. The van der Waals surface area contributed by atoms with Crippen LogP contribution in [-0.4, -0.2) is 44.6 Å². The molecule has 2 aromatic rings. The Bertz CT molecular complexity index is 638. The lowest BCUT2D eigenvalue weighted by molar-refractivity contribution is 0.0941. The minimum atomic E-state index is -0.105. The van der Waals surface area contributed by atoms with Crippen molar-refractivity contribution in [3.8, 4) is 5.75 Å². The molecule has 0 aromatic heterocycles. The second-order valence-corrected chi connectivity index (χ2v) is 5.42. The Morgan fingerprint density at radius 3 is 2.43 bits per heavy atom. The molecule has 0 aliphatic heterocycles. The summed E-state index contributed by atoms with van der Waals surface area (Å²) in [6.45, 7) is 2.67. The minimum absolute atomic E-state index is 0.105. The van der Waals surface area contributed by atoms with Crippen molar-refractivity contribution in [3.05, 3.63) is 42.0 Å². The molecule has 4 nitrogen and oxygen atoms in total. The lowest BCUT2D eigenvalue weighted by atomic mass is 10.1. The number of carbonyl (C=O) groups is 1. The molecule has 0 saturated carbocycles. The number of likely N-dealkylation sites (N-methyl/N-ethyl adjacent to an activating group) is 1. The first-order valence-corrected chi connectivity index (χ1v) is 7.04. The van der Waals surface area contributed by atoms with E-state index in [-0.39, 0.29) is 11.9 Å². The van der Waals surface area contributed by atoms with E-state index < -0.39 is 0 Å². The molecular weight excluding hydrogens is 264 g/mol. The molecule has 0 spiro atoms. The summed E-state index contributed by atoms with van der Waals surface area (Å²) in [5, 5.41) is 5.05.